The third-order valence-corrected chi connectivity index (χ3v) is 10.1. The van der Waals surface area contributed by atoms with E-state index in [2.05, 4.69) is 24.6 Å². The lowest BCUT2D eigenvalue weighted by Crippen LogP contribution is -2.40. The minimum atomic E-state index is -1.33. The van der Waals surface area contributed by atoms with Gasteiger partial charge in [-0.3, -0.25) is 4.79 Å². The van der Waals surface area contributed by atoms with Gasteiger partial charge >= 0.3 is 0 Å². The molecule has 0 radical (unpaired) electrons. The first-order chi connectivity index (χ1) is 19.5. The molecule has 7 nitrogen and oxygen atoms in total. The minimum absolute atomic E-state index is 0.0830. The highest BCUT2D eigenvalue weighted by Gasteiger charge is 2.32. The van der Waals surface area contributed by atoms with Crippen molar-refractivity contribution < 1.29 is 23.0 Å². The molecule has 222 valence electrons. The van der Waals surface area contributed by atoms with Gasteiger partial charge in [0.25, 0.3) is 5.91 Å². The number of carbonyl (C=O) groups excluding carboxylic acids is 1. The molecule has 10 heteroatoms. The van der Waals surface area contributed by atoms with Crippen molar-refractivity contribution in [3.8, 4) is 0 Å². The van der Waals surface area contributed by atoms with Crippen LogP contribution in [0.5, 0.6) is 0 Å². The summed E-state index contributed by atoms with van der Waals surface area (Å²) >= 11 is 0. The average Bonchev–Trinajstić information content (AvgIpc) is 3.53. The fourth-order valence-electron chi connectivity index (χ4n) is 5.69. The summed E-state index contributed by atoms with van der Waals surface area (Å²) in [5.41, 5.74) is 10.3. The van der Waals surface area contributed by atoms with Crippen molar-refractivity contribution in [1.82, 2.24) is 14.5 Å². The van der Waals surface area contributed by atoms with Gasteiger partial charge in [0, 0.05) is 37.4 Å². The van der Waals surface area contributed by atoms with Crippen LogP contribution in [0.25, 0.3) is 11.0 Å². The number of amides is 1. The molecule has 0 bridgehead atoms. The van der Waals surface area contributed by atoms with Gasteiger partial charge in [0.05, 0.1) is 30.8 Å². The summed E-state index contributed by atoms with van der Waals surface area (Å²) < 4.78 is 44.3. The Balaban J connectivity index is 1.55. The van der Waals surface area contributed by atoms with Crippen LogP contribution in [0.2, 0.25) is 25.7 Å². The number of benzene rings is 1. The largest absolute Gasteiger partial charge is 0.383 e. The van der Waals surface area contributed by atoms with Crippen LogP contribution in [0.3, 0.4) is 0 Å². The molecule has 1 fully saturated rings. The third-order valence-electron chi connectivity index (χ3n) is 8.39. The van der Waals surface area contributed by atoms with E-state index < -0.39 is 19.7 Å². The fourth-order valence-corrected chi connectivity index (χ4v) is 6.45. The molecule has 1 saturated carbocycles. The molecule has 0 saturated heterocycles. The van der Waals surface area contributed by atoms with Crippen LogP contribution in [0.4, 0.5) is 14.6 Å². The van der Waals surface area contributed by atoms with Gasteiger partial charge in [-0.2, -0.15) is 0 Å². The molecular weight excluding hydrogens is 542 g/mol. The monoisotopic (exact) mass is 584 g/mol. The van der Waals surface area contributed by atoms with Crippen LogP contribution in [0, 0.1) is 11.6 Å². The van der Waals surface area contributed by atoms with Gasteiger partial charge in [0.1, 0.15) is 29.9 Å². The van der Waals surface area contributed by atoms with Crippen LogP contribution in [0.15, 0.2) is 18.2 Å². The molecule has 3 aromatic rings. The Morgan fingerprint density at radius 1 is 1.15 bits per heavy atom. The molecule has 1 aliphatic carbocycles. The minimum Gasteiger partial charge on any atom is -0.383 e. The number of fused-ring (bicyclic) bond motifs is 3. The Bertz CT molecular complexity index is 1420. The van der Waals surface area contributed by atoms with Crippen LogP contribution in [-0.2, 0) is 36.0 Å². The number of hydrogen-bond donors (Lipinski definition) is 1. The van der Waals surface area contributed by atoms with E-state index in [1.807, 2.05) is 18.4 Å². The molecule has 1 aliphatic heterocycles. The highest BCUT2D eigenvalue weighted by molar-refractivity contribution is 6.76. The highest BCUT2D eigenvalue weighted by Crippen LogP contribution is 2.41. The first-order valence-corrected chi connectivity index (χ1v) is 18.5. The van der Waals surface area contributed by atoms with E-state index in [0.29, 0.717) is 55.3 Å². The Labute approximate surface area is 242 Å². The molecule has 41 heavy (non-hydrogen) atoms. The number of nitrogens with zero attached hydrogens (tertiary/aromatic N) is 3. The molecule has 3 heterocycles. The zero-order valence-electron chi connectivity index (χ0n) is 24.9. The summed E-state index contributed by atoms with van der Waals surface area (Å²) in [7, 11) is -1.33. The molecule has 1 amide bonds. The maximum atomic E-state index is 15.3. The number of carbonyl (C=O) groups is 1. The number of nitrogen functional groups attached to an aromatic ring is 1. The van der Waals surface area contributed by atoms with E-state index in [0.717, 1.165) is 35.5 Å². The lowest BCUT2D eigenvalue weighted by molar-refractivity contribution is 0.0588. The van der Waals surface area contributed by atoms with Crippen LogP contribution in [0.1, 0.15) is 78.2 Å². The normalized spacial score (nSPS) is 15.2. The van der Waals surface area contributed by atoms with E-state index in [9.17, 15) is 4.79 Å². The van der Waals surface area contributed by atoms with Crippen molar-refractivity contribution in [1.29, 1.82) is 0 Å². The van der Waals surface area contributed by atoms with Crippen molar-refractivity contribution in [3.63, 3.8) is 0 Å². The van der Waals surface area contributed by atoms with Gasteiger partial charge in [-0.15, -0.1) is 0 Å². The second kappa shape index (κ2) is 11.8. The van der Waals surface area contributed by atoms with Crippen molar-refractivity contribution in [3.05, 3.63) is 57.8 Å². The van der Waals surface area contributed by atoms with Gasteiger partial charge in [-0.1, -0.05) is 33.5 Å². The maximum Gasteiger partial charge on any atom is 0.271 e. The predicted octanol–water partition coefficient (Wildman–Crippen LogP) is 6.95. The van der Waals surface area contributed by atoms with E-state index in [1.165, 1.54) is 12.1 Å². The van der Waals surface area contributed by atoms with Gasteiger partial charge in [0.15, 0.2) is 0 Å². The molecule has 0 unspecified atom stereocenters. The maximum absolute atomic E-state index is 15.3. The summed E-state index contributed by atoms with van der Waals surface area (Å²) in [5.74, 6) is -0.906. The topological polar surface area (TPSA) is 82.6 Å². The summed E-state index contributed by atoms with van der Waals surface area (Å²) in [5, 5.41) is 0. The Kier molecular flexibility index (Phi) is 8.55. The molecule has 0 atom stereocenters. The number of hydrogen-bond acceptors (Lipinski definition) is 5. The Hall–Kier alpha value is -2.82. The second-order valence-electron chi connectivity index (χ2n) is 12.6. The molecular formula is C31H42F2N4O3Si. The van der Waals surface area contributed by atoms with Gasteiger partial charge in [0.2, 0.25) is 0 Å². The van der Waals surface area contributed by atoms with Crippen molar-refractivity contribution >= 4 is 30.8 Å². The SMILES string of the molecule is CCC(CC)N(Cc1c(F)cc(C2CC2)cc1F)C(=O)c1cc2nc(N)c3c(c2n1COCC[Si](C)(C)C)COC3. The number of aromatic nitrogens is 2. The van der Waals surface area contributed by atoms with Gasteiger partial charge in [-0.25, -0.2) is 13.8 Å². The van der Waals surface area contributed by atoms with Crippen LogP contribution in [-0.4, -0.2) is 41.1 Å². The molecule has 2 aliphatic rings. The van der Waals surface area contributed by atoms with Crippen LogP contribution < -0.4 is 5.73 Å². The van der Waals surface area contributed by atoms with Gasteiger partial charge in [-0.05, 0) is 61.4 Å². The second-order valence-corrected chi connectivity index (χ2v) is 18.2. The fraction of sp³-hybridized carbons (Fsp3) is 0.548. The first kappa shape index (κ1) is 29.7. The molecule has 1 aromatic carbocycles. The number of rotatable bonds is 12. The first-order valence-electron chi connectivity index (χ1n) is 14.8. The summed E-state index contributed by atoms with van der Waals surface area (Å²) in [6, 6.07) is 5.37. The summed E-state index contributed by atoms with van der Waals surface area (Å²) in [6.45, 7) is 12.1. The lowest BCUT2D eigenvalue weighted by Gasteiger charge is -2.31. The number of halogens is 2. The average molecular weight is 585 g/mol. The molecule has 2 N–H and O–H groups in total. The number of nitrogens with two attached hydrogens (primary N) is 1. The number of anilines is 1. The lowest BCUT2D eigenvalue weighted by atomic mass is 10.0. The van der Waals surface area contributed by atoms with E-state index in [-0.39, 0.29) is 36.7 Å². The van der Waals surface area contributed by atoms with Gasteiger partial charge < -0.3 is 24.7 Å². The zero-order chi connectivity index (χ0) is 29.5. The smallest absolute Gasteiger partial charge is 0.271 e. The Morgan fingerprint density at radius 2 is 1.80 bits per heavy atom. The number of ether oxygens (including phenoxy) is 2. The molecule has 2 aromatic heterocycles. The summed E-state index contributed by atoms with van der Waals surface area (Å²) in [6.07, 6.45) is 3.20. The van der Waals surface area contributed by atoms with Crippen LogP contribution >= 0.6 is 0 Å². The molecule has 5 rings (SSSR count). The van der Waals surface area contributed by atoms with Crippen molar-refractivity contribution in [2.75, 3.05) is 12.3 Å². The standard InChI is InChI=1S/C31H42F2N4O3Si/c1-6-21(7-2)36(15-22-25(32)12-20(13-26(22)33)19-8-9-19)31(38)28-14-27-29(23-16-40-17-24(23)30(34)35-27)37(28)18-39-10-11-41(3,4)5/h12-14,19,21H,6-11,15-18H2,1-5H3,(H2,34,35). The highest BCUT2D eigenvalue weighted by atomic mass is 28.3. The molecule has 0 spiro atoms. The number of pyridine rings is 1. The van der Waals surface area contributed by atoms with E-state index in [4.69, 9.17) is 15.2 Å². The zero-order valence-corrected chi connectivity index (χ0v) is 25.9. The predicted molar refractivity (Wildman–Crippen MR) is 159 cm³/mol. The quantitative estimate of drug-likeness (QED) is 0.184. The van der Waals surface area contributed by atoms with Crippen molar-refractivity contribution in [2.24, 2.45) is 0 Å². The van der Waals surface area contributed by atoms with Crippen molar-refractivity contribution in [2.45, 2.75) is 104 Å². The van der Waals surface area contributed by atoms with E-state index >= 15 is 8.78 Å². The third kappa shape index (κ3) is 6.19. The summed E-state index contributed by atoms with van der Waals surface area (Å²) in [4.78, 5) is 20.6. The van der Waals surface area contributed by atoms with E-state index in [1.54, 1.807) is 11.0 Å². The Morgan fingerprint density at radius 3 is 2.41 bits per heavy atom.